The average molecular weight is 496 g/mol. The summed E-state index contributed by atoms with van der Waals surface area (Å²) in [5.41, 5.74) is 1.02. The van der Waals surface area contributed by atoms with E-state index >= 15 is 0 Å². The largest absolute Gasteiger partial charge is 0.573 e. The number of benzene rings is 1. The number of aromatic amines is 1. The Labute approximate surface area is 183 Å². The summed E-state index contributed by atoms with van der Waals surface area (Å²) in [6.07, 6.45) is -8.86. The van der Waals surface area contributed by atoms with Crippen LogP contribution in [-0.2, 0) is 4.79 Å². The molecule has 2 aromatic heterocycles. The molecule has 0 atom stereocenters. The van der Waals surface area contributed by atoms with Gasteiger partial charge in [-0.05, 0) is 24.3 Å². The van der Waals surface area contributed by atoms with Gasteiger partial charge in [0.25, 0.3) is 0 Å². The number of aromatic nitrogens is 4. The second-order valence-corrected chi connectivity index (χ2v) is 6.72. The van der Waals surface area contributed by atoms with E-state index in [9.17, 15) is 31.1 Å². The average Bonchev–Trinajstić information content (AvgIpc) is 3.16. The van der Waals surface area contributed by atoms with Crippen LogP contribution in [0.5, 0.6) is 5.75 Å². The number of aliphatic carboxylic acids is 1. The number of carboxylic acid groups (broad SMARTS) is 2. The van der Waals surface area contributed by atoms with Gasteiger partial charge in [-0.2, -0.15) is 13.2 Å². The molecule has 0 unspecified atom stereocenters. The molecule has 0 aliphatic carbocycles. The fraction of sp³-hybridized carbons (Fsp3) is 0.118. The number of carboxylic acids is 2. The fourth-order valence-electron chi connectivity index (χ4n) is 1.98. The zero-order valence-corrected chi connectivity index (χ0v) is 16.5. The first-order chi connectivity index (χ1) is 15.3. The molecule has 0 aliphatic heterocycles. The maximum Gasteiger partial charge on any atom is 0.573 e. The number of aromatic carboxylic acids is 1. The van der Waals surface area contributed by atoms with E-state index in [0.717, 1.165) is 18.0 Å². The van der Waals surface area contributed by atoms with Crippen molar-refractivity contribution in [3.8, 4) is 17.0 Å². The Morgan fingerprint density at radius 2 is 1.58 bits per heavy atom. The lowest BCUT2D eigenvalue weighted by Crippen LogP contribution is -2.21. The number of H-pyrrole nitrogens is 1. The molecule has 3 aromatic rings. The molecular formula is C17H10F6N4O5S. The van der Waals surface area contributed by atoms with E-state index in [1.54, 1.807) is 24.3 Å². The smallest absolute Gasteiger partial charge is 0.476 e. The van der Waals surface area contributed by atoms with Gasteiger partial charge in [0.15, 0.2) is 10.7 Å². The molecule has 0 spiro atoms. The highest BCUT2D eigenvalue weighted by Gasteiger charge is 2.38. The third-order valence-electron chi connectivity index (χ3n) is 3.31. The van der Waals surface area contributed by atoms with Gasteiger partial charge in [0.2, 0.25) is 0 Å². The summed E-state index contributed by atoms with van der Waals surface area (Å²) in [5, 5.41) is 25.8. The number of alkyl halides is 6. The minimum Gasteiger partial charge on any atom is -0.476 e. The van der Waals surface area contributed by atoms with Gasteiger partial charge in [0.1, 0.15) is 5.75 Å². The van der Waals surface area contributed by atoms with E-state index in [0.29, 0.717) is 16.2 Å². The van der Waals surface area contributed by atoms with Crippen LogP contribution >= 0.6 is 11.8 Å². The number of ether oxygens (including phenoxy) is 1. The van der Waals surface area contributed by atoms with Crippen LogP contribution < -0.4 is 4.74 Å². The normalized spacial score (nSPS) is 11.3. The molecular weight excluding hydrogens is 486 g/mol. The first-order valence-corrected chi connectivity index (χ1v) is 9.02. The van der Waals surface area contributed by atoms with Crippen molar-refractivity contribution in [2.45, 2.75) is 22.5 Å². The quantitative estimate of drug-likeness (QED) is 0.443. The molecule has 0 saturated carbocycles. The number of pyridine rings is 1. The van der Waals surface area contributed by atoms with Gasteiger partial charge >= 0.3 is 24.5 Å². The fourth-order valence-corrected chi connectivity index (χ4v) is 2.79. The number of nitrogens with one attached hydrogen (secondary N) is 1. The first-order valence-electron chi connectivity index (χ1n) is 8.21. The predicted molar refractivity (Wildman–Crippen MR) is 97.5 cm³/mol. The zero-order valence-electron chi connectivity index (χ0n) is 15.7. The molecule has 2 heterocycles. The molecule has 16 heteroatoms. The van der Waals surface area contributed by atoms with Crippen LogP contribution in [0, 0.1) is 0 Å². The number of hydrogen-bond donors (Lipinski definition) is 3. The van der Waals surface area contributed by atoms with Crippen LogP contribution in [0.1, 0.15) is 10.5 Å². The van der Waals surface area contributed by atoms with Crippen molar-refractivity contribution in [1.82, 2.24) is 20.4 Å². The molecule has 0 aliphatic rings. The lowest BCUT2D eigenvalue weighted by molar-refractivity contribution is -0.274. The lowest BCUT2D eigenvalue weighted by Gasteiger charge is -2.09. The van der Waals surface area contributed by atoms with Crippen molar-refractivity contribution in [1.29, 1.82) is 0 Å². The third-order valence-corrected chi connectivity index (χ3v) is 4.29. The molecule has 9 nitrogen and oxygen atoms in total. The van der Waals surface area contributed by atoms with Crippen LogP contribution in [0.4, 0.5) is 26.3 Å². The summed E-state index contributed by atoms with van der Waals surface area (Å²) < 4.78 is 71.9. The highest BCUT2D eigenvalue weighted by molar-refractivity contribution is 7.99. The minimum absolute atomic E-state index is 0.110. The molecule has 1 aromatic carbocycles. The van der Waals surface area contributed by atoms with E-state index in [-0.39, 0.29) is 10.7 Å². The monoisotopic (exact) mass is 496 g/mol. The third kappa shape index (κ3) is 7.99. The Kier molecular flexibility index (Phi) is 7.86. The number of carbonyl (C=O) groups is 2. The van der Waals surface area contributed by atoms with Crippen LogP contribution in [0.15, 0.2) is 52.5 Å². The van der Waals surface area contributed by atoms with Crippen LogP contribution in [0.2, 0.25) is 0 Å². The minimum atomic E-state index is -5.08. The van der Waals surface area contributed by atoms with Crippen molar-refractivity contribution in [3.63, 3.8) is 0 Å². The van der Waals surface area contributed by atoms with Gasteiger partial charge in [-0.15, -0.1) is 18.3 Å². The van der Waals surface area contributed by atoms with Gasteiger partial charge in [-0.25, -0.2) is 9.59 Å². The second-order valence-electron chi connectivity index (χ2n) is 5.65. The maximum atomic E-state index is 12.1. The Morgan fingerprint density at radius 1 is 0.970 bits per heavy atom. The van der Waals surface area contributed by atoms with E-state index in [4.69, 9.17) is 15.0 Å². The topological polar surface area (TPSA) is 138 Å². The standard InChI is InChI=1S/C15H9F3N4O3S.C2HF3O2/c16-15(17,18)25-9-3-6-11(19-7-9)8-1-4-10(5-2-8)26-13-12(14(23)24)20-22-21-13;3-2(4,5)1(6)7/h1-7H,(H,23,24)(H,20,21,22);(H,6,7). The Balaban J connectivity index is 0.000000479. The van der Waals surface area contributed by atoms with E-state index in [2.05, 4.69) is 25.1 Å². The molecule has 0 radical (unpaired) electrons. The van der Waals surface area contributed by atoms with E-state index in [1.165, 1.54) is 12.1 Å². The van der Waals surface area contributed by atoms with Crippen molar-refractivity contribution < 1.29 is 50.9 Å². The summed E-state index contributed by atoms with van der Waals surface area (Å²) in [5.74, 6) is -4.33. The Hall–Kier alpha value is -3.82. The first kappa shape index (κ1) is 25.4. The molecule has 0 saturated heterocycles. The van der Waals surface area contributed by atoms with Crippen molar-refractivity contribution in [3.05, 3.63) is 48.3 Å². The van der Waals surface area contributed by atoms with Crippen LogP contribution in [-0.4, -0.2) is 55.1 Å². The molecule has 176 valence electrons. The van der Waals surface area contributed by atoms with Crippen molar-refractivity contribution in [2.24, 2.45) is 0 Å². The van der Waals surface area contributed by atoms with E-state index < -0.39 is 30.2 Å². The van der Waals surface area contributed by atoms with Gasteiger partial charge in [0, 0.05) is 10.5 Å². The van der Waals surface area contributed by atoms with Gasteiger partial charge in [0.05, 0.1) is 11.9 Å². The molecule has 3 N–H and O–H groups in total. The van der Waals surface area contributed by atoms with Crippen molar-refractivity contribution in [2.75, 3.05) is 0 Å². The highest BCUT2D eigenvalue weighted by Crippen LogP contribution is 2.30. The maximum absolute atomic E-state index is 12.1. The summed E-state index contributed by atoms with van der Waals surface area (Å²) in [6.45, 7) is 0. The molecule has 0 bridgehead atoms. The van der Waals surface area contributed by atoms with Gasteiger partial charge < -0.3 is 14.9 Å². The Morgan fingerprint density at radius 3 is 2.03 bits per heavy atom. The number of hydrogen-bond acceptors (Lipinski definition) is 7. The molecule has 0 amide bonds. The lowest BCUT2D eigenvalue weighted by atomic mass is 10.1. The van der Waals surface area contributed by atoms with Crippen LogP contribution in [0.3, 0.4) is 0 Å². The molecule has 0 fully saturated rings. The molecule has 3 rings (SSSR count). The molecule has 33 heavy (non-hydrogen) atoms. The van der Waals surface area contributed by atoms with Crippen LogP contribution in [0.25, 0.3) is 11.3 Å². The van der Waals surface area contributed by atoms with Crippen molar-refractivity contribution >= 4 is 23.7 Å². The second kappa shape index (κ2) is 10.2. The number of nitrogens with zero attached hydrogens (tertiary/aromatic N) is 3. The summed E-state index contributed by atoms with van der Waals surface area (Å²) in [7, 11) is 0. The highest BCUT2D eigenvalue weighted by atomic mass is 32.2. The SMILES string of the molecule is O=C(O)C(F)(F)F.O=C(O)c1[nH]nnc1Sc1ccc(-c2ccc(OC(F)(F)F)cn2)cc1. The summed E-state index contributed by atoms with van der Waals surface area (Å²) >= 11 is 1.11. The summed E-state index contributed by atoms with van der Waals surface area (Å²) in [6, 6.07) is 9.41. The predicted octanol–water partition coefficient (Wildman–Crippen LogP) is 4.25. The number of rotatable bonds is 5. The van der Waals surface area contributed by atoms with Gasteiger partial charge in [-0.1, -0.05) is 29.1 Å². The summed E-state index contributed by atoms with van der Waals surface area (Å²) in [4.78, 5) is 24.6. The number of halogens is 6. The van der Waals surface area contributed by atoms with E-state index in [1.807, 2.05) is 0 Å². The Bertz CT molecular complexity index is 1100. The zero-order chi connectivity index (χ0) is 24.8. The van der Waals surface area contributed by atoms with Gasteiger partial charge in [-0.3, -0.25) is 10.1 Å².